The standard InChI is InChI=1S/C14H11NO.C2H6/c15-10-12-6-8-14(9-7-12)16-11-13-4-2-1-3-5-13;1-2/h1-9H,11H2;1-2H3. The van der Waals surface area contributed by atoms with Crippen molar-refractivity contribution in [2.24, 2.45) is 0 Å². The molecule has 0 saturated heterocycles. The van der Waals surface area contributed by atoms with E-state index in [2.05, 4.69) is 6.07 Å². The molecule has 0 heterocycles. The van der Waals surface area contributed by atoms with Gasteiger partial charge in [0.15, 0.2) is 0 Å². The van der Waals surface area contributed by atoms with Crippen molar-refractivity contribution in [1.29, 1.82) is 5.26 Å². The van der Waals surface area contributed by atoms with Gasteiger partial charge < -0.3 is 4.74 Å². The fourth-order valence-corrected chi connectivity index (χ4v) is 1.37. The smallest absolute Gasteiger partial charge is 0.119 e. The number of nitrogens with zero attached hydrogens (tertiary/aromatic N) is 1. The summed E-state index contributed by atoms with van der Waals surface area (Å²) in [6.45, 7) is 4.55. The first kappa shape index (κ1) is 13.8. The summed E-state index contributed by atoms with van der Waals surface area (Å²) in [5.74, 6) is 0.780. The zero-order valence-corrected chi connectivity index (χ0v) is 10.8. The summed E-state index contributed by atoms with van der Waals surface area (Å²) in [5.41, 5.74) is 1.78. The molecule has 0 aliphatic carbocycles. The van der Waals surface area contributed by atoms with E-state index in [1.165, 1.54) is 0 Å². The molecule has 18 heavy (non-hydrogen) atoms. The van der Waals surface area contributed by atoms with Crippen LogP contribution in [-0.4, -0.2) is 0 Å². The van der Waals surface area contributed by atoms with Gasteiger partial charge in [-0.15, -0.1) is 0 Å². The van der Waals surface area contributed by atoms with Gasteiger partial charge in [-0.3, -0.25) is 0 Å². The van der Waals surface area contributed by atoms with Gasteiger partial charge in [-0.25, -0.2) is 0 Å². The van der Waals surface area contributed by atoms with Crippen LogP contribution in [0.25, 0.3) is 0 Å². The van der Waals surface area contributed by atoms with Crippen LogP contribution in [0, 0.1) is 11.3 Å². The van der Waals surface area contributed by atoms with Crippen LogP contribution in [-0.2, 0) is 6.61 Å². The minimum absolute atomic E-state index is 0.548. The average molecular weight is 239 g/mol. The second kappa shape index (κ2) is 7.92. The van der Waals surface area contributed by atoms with E-state index in [0.717, 1.165) is 11.3 Å². The Morgan fingerprint density at radius 3 is 2.11 bits per heavy atom. The molecule has 0 aliphatic heterocycles. The quantitative estimate of drug-likeness (QED) is 0.805. The topological polar surface area (TPSA) is 33.0 Å². The van der Waals surface area contributed by atoms with E-state index in [1.54, 1.807) is 12.1 Å². The molecule has 2 rings (SSSR count). The Morgan fingerprint density at radius 2 is 1.56 bits per heavy atom. The Morgan fingerprint density at radius 1 is 0.944 bits per heavy atom. The largest absolute Gasteiger partial charge is 0.489 e. The maximum atomic E-state index is 8.65. The summed E-state index contributed by atoms with van der Waals surface area (Å²) < 4.78 is 5.58. The lowest BCUT2D eigenvalue weighted by Gasteiger charge is -2.05. The summed E-state index contributed by atoms with van der Waals surface area (Å²) in [6.07, 6.45) is 0. The highest BCUT2D eigenvalue weighted by atomic mass is 16.5. The normalized spacial score (nSPS) is 8.72. The lowest BCUT2D eigenvalue weighted by atomic mass is 10.2. The minimum Gasteiger partial charge on any atom is -0.489 e. The molecule has 0 N–H and O–H groups in total. The summed E-state index contributed by atoms with van der Waals surface area (Å²) >= 11 is 0. The highest BCUT2D eigenvalue weighted by Crippen LogP contribution is 2.13. The summed E-state index contributed by atoms with van der Waals surface area (Å²) in [4.78, 5) is 0. The Hall–Kier alpha value is -2.27. The molecule has 2 aromatic rings. The summed E-state index contributed by atoms with van der Waals surface area (Å²) in [6, 6.07) is 19.2. The van der Waals surface area contributed by atoms with Gasteiger partial charge in [-0.1, -0.05) is 44.2 Å². The van der Waals surface area contributed by atoms with Crippen LogP contribution in [0.3, 0.4) is 0 Å². The first-order chi connectivity index (χ1) is 8.88. The van der Waals surface area contributed by atoms with Crippen molar-refractivity contribution in [2.75, 3.05) is 0 Å². The van der Waals surface area contributed by atoms with E-state index >= 15 is 0 Å². The third kappa shape index (κ3) is 4.31. The van der Waals surface area contributed by atoms with Gasteiger partial charge in [0.25, 0.3) is 0 Å². The molecular formula is C16H17NO. The highest BCUT2D eigenvalue weighted by molar-refractivity contribution is 5.34. The maximum absolute atomic E-state index is 8.65. The van der Waals surface area contributed by atoms with E-state index in [0.29, 0.717) is 12.2 Å². The van der Waals surface area contributed by atoms with Crippen LogP contribution in [0.4, 0.5) is 0 Å². The number of ether oxygens (including phenoxy) is 1. The zero-order valence-electron chi connectivity index (χ0n) is 10.8. The maximum Gasteiger partial charge on any atom is 0.119 e. The van der Waals surface area contributed by atoms with Gasteiger partial charge in [0.2, 0.25) is 0 Å². The SMILES string of the molecule is CC.N#Cc1ccc(OCc2ccccc2)cc1. The Balaban J connectivity index is 0.000000771. The van der Waals surface area contributed by atoms with Crippen molar-refractivity contribution in [3.05, 3.63) is 65.7 Å². The van der Waals surface area contributed by atoms with E-state index in [1.807, 2.05) is 56.3 Å². The van der Waals surface area contributed by atoms with Gasteiger partial charge in [-0.05, 0) is 29.8 Å². The number of hydrogen-bond acceptors (Lipinski definition) is 2. The van der Waals surface area contributed by atoms with Crippen LogP contribution in [0.15, 0.2) is 54.6 Å². The molecule has 0 saturated carbocycles. The predicted octanol–water partition coefficient (Wildman–Crippen LogP) is 4.16. The first-order valence-corrected chi connectivity index (χ1v) is 6.05. The zero-order chi connectivity index (χ0) is 13.2. The second-order valence-corrected chi connectivity index (χ2v) is 3.41. The number of rotatable bonds is 3. The molecule has 2 aromatic carbocycles. The van der Waals surface area contributed by atoms with Crippen molar-refractivity contribution in [3.8, 4) is 11.8 Å². The molecule has 0 spiro atoms. The van der Waals surface area contributed by atoms with Crippen molar-refractivity contribution < 1.29 is 4.74 Å². The Bertz CT molecular complexity index is 483. The fourth-order valence-electron chi connectivity index (χ4n) is 1.37. The van der Waals surface area contributed by atoms with Crippen LogP contribution >= 0.6 is 0 Å². The lowest BCUT2D eigenvalue weighted by molar-refractivity contribution is 0.306. The number of benzene rings is 2. The van der Waals surface area contributed by atoms with Gasteiger partial charge >= 0.3 is 0 Å². The number of nitriles is 1. The van der Waals surface area contributed by atoms with Crippen molar-refractivity contribution >= 4 is 0 Å². The molecule has 0 aliphatic rings. The highest BCUT2D eigenvalue weighted by Gasteiger charge is 1.95. The molecule has 0 unspecified atom stereocenters. The minimum atomic E-state index is 0.548. The van der Waals surface area contributed by atoms with Crippen molar-refractivity contribution in [2.45, 2.75) is 20.5 Å². The average Bonchev–Trinajstić information content (AvgIpc) is 2.49. The molecule has 2 nitrogen and oxygen atoms in total. The van der Waals surface area contributed by atoms with Crippen molar-refractivity contribution in [3.63, 3.8) is 0 Å². The molecular weight excluding hydrogens is 222 g/mol. The third-order valence-electron chi connectivity index (χ3n) is 2.23. The Labute approximate surface area is 108 Å². The van der Waals surface area contributed by atoms with Crippen LogP contribution < -0.4 is 4.74 Å². The molecule has 0 amide bonds. The molecule has 0 atom stereocenters. The van der Waals surface area contributed by atoms with Crippen LogP contribution in [0.5, 0.6) is 5.75 Å². The second-order valence-electron chi connectivity index (χ2n) is 3.41. The summed E-state index contributed by atoms with van der Waals surface area (Å²) in [7, 11) is 0. The van der Waals surface area contributed by atoms with Gasteiger partial charge in [0.1, 0.15) is 12.4 Å². The van der Waals surface area contributed by atoms with E-state index in [9.17, 15) is 0 Å². The third-order valence-corrected chi connectivity index (χ3v) is 2.23. The van der Waals surface area contributed by atoms with E-state index in [-0.39, 0.29) is 0 Å². The molecule has 0 aromatic heterocycles. The van der Waals surface area contributed by atoms with E-state index < -0.39 is 0 Å². The van der Waals surface area contributed by atoms with Crippen LogP contribution in [0.1, 0.15) is 25.0 Å². The van der Waals surface area contributed by atoms with Gasteiger partial charge in [0.05, 0.1) is 11.6 Å². The van der Waals surface area contributed by atoms with Crippen LogP contribution in [0.2, 0.25) is 0 Å². The fraction of sp³-hybridized carbons (Fsp3) is 0.188. The van der Waals surface area contributed by atoms with Crippen molar-refractivity contribution in [1.82, 2.24) is 0 Å². The molecule has 0 fully saturated rings. The lowest BCUT2D eigenvalue weighted by Crippen LogP contribution is -1.94. The molecule has 2 heteroatoms. The molecule has 0 bridgehead atoms. The first-order valence-electron chi connectivity index (χ1n) is 6.05. The predicted molar refractivity (Wildman–Crippen MR) is 73.3 cm³/mol. The molecule has 0 radical (unpaired) electrons. The number of hydrogen-bond donors (Lipinski definition) is 0. The Kier molecular flexibility index (Phi) is 6.07. The van der Waals surface area contributed by atoms with Gasteiger partial charge in [-0.2, -0.15) is 5.26 Å². The summed E-state index contributed by atoms with van der Waals surface area (Å²) in [5, 5.41) is 8.65. The monoisotopic (exact) mass is 239 g/mol. The van der Waals surface area contributed by atoms with Gasteiger partial charge in [0, 0.05) is 0 Å². The van der Waals surface area contributed by atoms with E-state index in [4.69, 9.17) is 10.00 Å². The molecule has 92 valence electrons.